The Morgan fingerprint density at radius 2 is 1.90 bits per heavy atom. The standard InChI is InChI=1S/C15H13F3N2O/c1-2-9-4-3-5-19-13(9)8-20-15(21)10-6-11(16)14(18)12(17)7-10/h3-7H,2,8H2,1H3,(H,20,21). The minimum Gasteiger partial charge on any atom is -0.346 e. The average Bonchev–Trinajstić information content (AvgIpc) is 2.49. The lowest BCUT2D eigenvalue weighted by Crippen LogP contribution is -2.24. The summed E-state index contributed by atoms with van der Waals surface area (Å²) in [6.45, 7) is 2.08. The summed E-state index contributed by atoms with van der Waals surface area (Å²) < 4.78 is 39.0. The van der Waals surface area contributed by atoms with E-state index in [1.165, 1.54) is 0 Å². The first-order valence-electron chi connectivity index (χ1n) is 6.38. The number of pyridine rings is 1. The Balaban J connectivity index is 2.12. The van der Waals surface area contributed by atoms with Crippen molar-refractivity contribution >= 4 is 5.91 Å². The van der Waals surface area contributed by atoms with Gasteiger partial charge in [-0.25, -0.2) is 13.2 Å². The molecule has 1 amide bonds. The van der Waals surface area contributed by atoms with Gasteiger partial charge in [-0.2, -0.15) is 0 Å². The van der Waals surface area contributed by atoms with E-state index in [0.29, 0.717) is 17.8 Å². The fraction of sp³-hybridized carbons (Fsp3) is 0.200. The zero-order valence-electron chi connectivity index (χ0n) is 11.3. The maximum absolute atomic E-state index is 13.1. The molecule has 3 nitrogen and oxygen atoms in total. The van der Waals surface area contributed by atoms with Crippen LogP contribution in [0.25, 0.3) is 0 Å². The number of nitrogens with one attached hydrogen (secondary N) is 1. The molecular formula is C15H13F3N2O. The van der Waals surface area contributed by atoms with Gasteiger partial charge in [0.25, 0.3) is 5.91 Å². The van der Waals surface area contributed by atoms with Gasteiger partial charge >= 0.3 is 0 Å². The Kier molecular flexibility index (Phi) is 4.57. The van der Waals surface area contributed by atoms with Gasteiger partial charge in [0, 0.05) is 11.8 Å². The lowest BCUT2D eigenvalue weighted by Gasteiger charge is -2.08. The summed E-state index contributed by atoms with van der Waals surface area (Å²) in [6.07, 6.45) is 2.34. The second kappa shape index (κ2) is 6.39. The molecule has 0 spiro atoms. The number of halogens is 3. The van der Waals surface area contributed by atoms with Gasteiger partial charge in [-0.1, -0.05) is 13.0 Å². The molecule has 0 aliphatic rings. The highest BCUT2D eigenvalue weighted by Crippen LogP contribution is 2.14. The molecule has 2 aromatic rings. The number of benzene rings is 1. The third-order valence-electron chi connectivity index (χ3n) is 3.03. The SMILES string of the molecule is CCc1cccnc1CNC(=O)c1cc(F)c(F)c(F)c1. The Hall–Kier alpha value is -2.37. The van der Waals surface area contributed by atoms with Gasteiger partial charge in [0.05, 0.1) is 12.2 Å². The second-order valence-corrected chi connectivity index (χ2v) is 4.40. The van der Waals surface area contributed by atoms with Crippen molar-refractivity contribution in [2.45, 2.75) is 19.9 Å². The molecule has 1 aromatic carbocycles. The maximum atomic E-state index is 13.1. The van der Waals surface area contributed by atoms with Gasteiger partial charge in [0.15, 0.2) is 17.5 Å². The van der Waals surface area contributed by atoms with Crippen LogP contribution in [0, 0.1) is 17.5 Å². The minimum absolute atomic E-state index is 0.128. The van der Waals surface area contributed by atoms with Crippen molar-refractivity contribution in [3.63, 3.8) is 0 Å². The number of hydrogen-bond donors (Lipinski definition) is 1. The van der Waals surface area contributed by atoms with Crippen LogP contribution in [-0.2, 0) is 13.0 Å². The fourth-order valence-corrected chi connectivity index (χ4v) is 1.91. The van der Waals surface area contributed by atoms with E-state index in [2.05, 4.69) is 10.3 Å². The first-order chi connectivity index (χ1) is 10.0. The molecule has 0 radical (unpaired) electrons. The molecule has 2 rings (SSSR count). The molecule has 0 aliphatic heterocycles. The number of carbonyl (C=O) groups excluding carboxylic acids is 1. The molecule has 0 unspecified atom stereocenters. The van der Waals surface area contributed by atoms with Crippen molar-refractivity contribution in [1.82, 2.24) is 10.3 Å². The first kappa shape index (κ1) is 15.0. The second-order valence-electron chi connectivity index (χ2n) is 4.40. The van der Waals surface area contributed by atoms with Crippen molar-refractivity contribution in [3.8, 4) is 0 Å². The molecule has 0 aliphatic carbocycles. The zero-order valence-corrected chi connectivity index (χ0v) is 11.3. The number of carbonyl (C=O) groups is 1. The van der Waals surface area contributed by atoms with Gasteiger partial charge in [-0.15, -0.1) is 0 Å². The Morgan fingerprint density at radius 1 is 1.24 bits per heavy atom. The van der Waals surface area contributed by atoms with E-state index in [0.717, 1.165) is 12.0 Å². The van der Waals surface area contributed by atoms with E-state index in [1.54, 1.807) is 12.3 Å². The summed E-state index contributed by atoms with van der Waals surface area (Å²) >= 11 is 0. The van der Waals surface area contributed by atoms with Crippen molar-refractivity contribution in [2.24, 2.45) is 0 Å². The normalized spacial score (nSPS) is 10.5. The minimum atomic E-state index is -1.59. The smallest absolute Gasteiger partial charge is 0.251 e. The third kappa shape index (κ3) is 3.39. The highest BCUT2D eigenvalue weighted by atomic mass is 19.2. The molecule has 1 heterocycles. The number of nitrogens with zero attached hydrogens (tertiary/aromatic N) is 1. The predicted molar refractivity (Wildman–Crippen MR) is 71.1 cm³/mol. The van der Waals surface area contributed by atoms with Crippen LogP contribution in [0.3, 0.4) is 0 Å². The summed E-state index contributed by atoms with van der Waals surface area (Å²) in [5.41, 5.74) is 1.37. The number of aromatic nitrogens is 1. The van der Waals surface area contributed by atoms with Gasteiger partial charge in [-0.3, -0.25) is 9.78 Å². The molecule has 0 atom stereocenters. The van der Waals surface area contributed by atoms with E-state index >= 15 is 0 Å². The van der Waals surface area contributed by atoms with Crippen molar-refractivity contribution in [1.29, 1.82) is 0 Å². The summed E-state index contributed by atoms with van der Waals surface area (Å²) in [7, 11) is 0. The Bertz CT molecular complexity index is 651. The average molecular weight is 294 g/mol. The van der Waals surface area contributed by atoms with E-state index in [1.807, 2.05) is 13.0 Å². The molecule has 0 saturated carbocycles. The molecule has 21 heavy (non-hydrogen) atoms. The molecule has 0 bridgehead atoms. The van der Waals surface area contributed by atoms with Gasteiger partial charge in [0.2, 0.25) is 0 Å². The van der Waals surface area contributed by atoms with Crippen LogP contribution < -0.4 is 5.32 Å². The van der Waals surface area contributed by atoms with Crippen molar-refractivity contribution in [3.05, 3.63) is 64.7 Å². The van der Waals surface area contributed by atoms with Crippen molar-refractivity contribution < 1.29 is 18.0 Å². The van der Waals surface area contributed by atoms with Gasteiger partial charge < -0.3 is 5.32 Å². The highest BCUT2D eigenvalue weighted by Gasteiger charge is 2.15. The maximum Gasteiger partial charge on any atom is 0.251 e. The molecule has 110 valence electrons. The zero-order chi connectivity index (χ0) is 15.4. The van der Waals surface area contributed by atoms with Crippen LogP contribution in [0.5, 0.6) is 0 Å². The van der Waals surface area contributed by atoms with E-state index in [9.17, 15) is 18.0 Å². The molecule has 6 heteroatoms. The number of hydrogen-bond acceptors (Lipinski definition) is 2. The Morgan fingerprint density at radius 3 is 2.52 bits per heavy atom. The summed E-state index contributed by atoms with van der Waals surface area (Å²) in [6, 6.07) is 4.99. The summed E-state index contributed by atoms with van der Waals surface area (Å²) in [5.74, 6) is -5.08. The summed E-state index contributed by atoms with van der Waals surface area (Å²) in [4.78, 5) is 16.0. The lowest BCUT2D eigenvalue weighted by molar-refractivity contribution is 0.0949. The van der Waals surface area contributed by atoms with Crippen LogP contribution in [0.15, 0.2) is 30.5 Å². The van der Waals surface area contributed by atoms with Crippen LogP contribution in [0.1, 0.15) is 28.5 Å². The lowest BCUT2D eigenvalue weighted by atomic mass is 10.1. The molecule has 0 saturated heterocycles. The number of amides is 1. The Labute approximate surface area is 119 Å². The summed E-state index contributed by atoms with van der Waals surface area (Å²) in [5, 5.41) is 2.51. The third-order valence-corrected chi connectivity index (χ3v) is 3.03. The van der Waals surface area contributed by atoms with E-state index < -0.39 is 23.4 Å². The number of rotatable bonds is 4. The van der Waals surface area contributed by atoms with E-state index in [4.69, 9.17) is 0 Å². The largest absolute Gasteiger partial charge is 0.346 e. The quantitative estimate of drug-likeness (QED) is 0.881. The topological polar surface area (TPSA) is 42.0 Å². The highest BCUT2D eigenvalue weighted by molar-refractivity contribution is 5.94. The first-order valence-corrected chi connectivity index (χ1v) is 6.38. The molecule has 1 N–H and O–H groups in total. The van der Waals surface area contributed by atoms with Gasteiger partial charge in [0.1, 0.15) is 0 Å². The molecular weight excluding hydrogens is 281 g/mol. The molecule has 0 fully saturated rings. The van der Waals surface area contributed by atoms with Crippen LogP contribution in [-0.4, -0.2) is 10.9 Å². The number of aryl methyl sites for hydroxylation is 1. The molecule has 1 aromatic heterocycles. The monoisotopic (exact) mass is 294 g/mol. The van der Waals surface area contributed by atoms with E-state index in [-0.39, 0.29) is 12.1 Å². The van der Waals surface area contributed by atoms with Gasteiger partial charge in [-0.05, 0) is 30.2 Å². The fourth-order valence-electron chi connectivity index (χ4n) is 1.91. The predicted octanol–water partition coefficient (Wildman–Crippen LogP) is 2.99. The van der Waals surface area contributed by atoms with Crippen LogP contribution >= 0.6 is 0 Å². The van der Waals surface area contributed by atoms with Crippen LogP contribution in [0.4, 0.5) is 13.2 Å². The van der Waals surface area contributed by atoms with Crippen molar-refractivity contribution in [2.75, 3.05) is 0 Å². The van der Waals surface area contributed by atoms with Crippen LogP contribution in [0.2, 0.25) is 0 Å².